The molecule has 0 N–H and O–H groups in total. The van der Waals surface area contributed by atoms with Crippen LogP contribution in [0.5, 0.6) is 5.75 Å². The van der Waals surface area contributed by atoms with E-state index in [9.17, 15) is 0 Å². The molecule has 11 rings (SSSR count). The van der Waals surface area contributed by atoms with Crippen LogP contribution in [0.1, 0.15) is 79.8 Å². The van der Waals surface area contributed by atoms with Crippen LogP contribution in [-0.4, -0.2) is 10.7 Å². The lowest BCUT2D eigenvalue weighted by molar-refractivity contribution is 0.0596. The van der Waals surface area contributed by atoms with Crippen molar-refractivity contribution in [2.45, 2.75) is 75.3 Å². The predicted molar refractivity (Wildman–Crippen MR) is 211 cm³/mol. The molecule has 4 atom stereocenters. The fourth-order valence-electron chi connectivity index (χ4n) is 10.8. The zero-order valence-corrected chi connectivity index (χ0v) is 29.6. The summed E-state index contributed by atoms with van der Waals surface area (Å²) in [7, 11) is 0. The molecule has 1 fully saturated rings. The van der Waals surface area contributed by atoms with E-state index in [1.807, 2.05) is 0 Å². The molecule has 3 heteroatoms. The van der Waals surface area contributed by atoms with Crippen molar-refractivity contribution in [3.05, 3.63) is 184 Å². The molecule has 1 spiro atoms. The standard InChI is InChI=1S/C49H43NO2/c1-3-16-32(17-4-1)34-21-14-30-44-46(34)49(39-25-8-11-28-42(39)51-44)40-26-9-12-29-43(40)52-45-31-15-22-36(47(45)49)38-24-13-23-37-35-20-7-10-27-41(35)50(48(37)38)33-18-5-2-6-19-33/h1-5,7-8,10-11,15-17,20-22,24-29,31,33,45,47H,6,9,12-14,18-19,23,30H2. The summed E-state index contributed by atoms with van der Waals surface area (Å²) in [5.74, 6) is 3.13. The maximum atomic E-state index is 7.21. The second-order valence-electron chi connectivity index (χ2n) is 15.4. The highest BCUT2D eigenvalue weighted by Gasteiger charge is 2.61. The zero-order valence-electron chi connectivity index (χ0n) is 29.6. The molecule has 5 aliphatic carbocycles. The van der Waals surface area contributed by atoms with E-state index in [0.717, 1.165) is 68.6 Å². The largest absolute Gasteiger partial charge is 0.486 e. The van der Waals surface area contributed by atoms with Crippen LogP contribution in [0.3, 0.4) is 0 Å². The highest BCUT2D eigenvalue weighted by atomic mass is 16.5. The molecule has 0 saturated carbocycles. The summed E-state index contributed by atoms with van der Waals surface area (Å²) in [4.78, 5) is 0. The Labute approximate surface area is 306 Å². The normalized spacial score (nSPS) is 27.1. The quantitative estimate of drug-likeness (QED) is 0.202. The number of benzene rings is 3. The molecule has 4 aromatic rings. The van der Waals surface area contributed by atoms with Crippen LogP contribution in [0.25, 0.3) is 22.0 Å². The monoisotopic (exact) mass is 677 g/mol. The van der Waals surface area contributed by atoms with Crippen molar-refractivity contribution in [2.24, 2.45) is 5.92 Å². The number of para-hydroxylation sites is 2. The minimum absolute atomic E-state index is 0.00539. The second-order valence-corrected chi connectivity index (χ2v) is 15.4. The average Bonchev–Trinajstić information content (AvgIpc) is 3.56. The number of allylic oxidation sites excluding steroid dienone is 13. The van der Waals surface area contributed by atoms with Crippen molar-refractivity contribution in [3.8, 4) is 5.75 Å². The van der Waals surface area contributed by atoms with E-state index in [1.165, 1.54) is 67.6 Å². The molecule has 256 valence electrons. The Balaban J connectivity index is 1.20. The first-order valence-electron chi connectivity index (χ1n) is 19.5. The van der Waals surface area contributed by atoms with Gasteiger partial charge >= 0.3 is 0 Å². The first-order valence-corrected chi connectivity index (χ1v) is 19.5. The molecule has 3 aromatic carbocycles. The smallest absolute Gasteiger partial charge is 0.131 e. The van der Waals surface area contributed by atoms with Gasteiger partial charge in [0.1, 0.15) is 23.4 Å². The molecule has 7 aliphatic rings. The Morgan fingerprint density at radius 2 is 1.56 bits per heavy atom. The van der Waals surface area contributed by atoms with Crippen molar-refractivity contribution >= 4 is 22.0 Å². The van der Waals surface area contributed by atoms with Gasteiger partial charge in [-0.3, -0.25) is 0 Å². The summed E-state index contributed by atoms with van der Waals surface area (Å²) in [6.07, 6.45) is 30.9. The molecule has 52 heavy (non-hydrogen) atoms. The summed E-state index contributed by atoms with van der Waals surface area (Å²) < 4.78 is 17.0. The molecule has 0 amide bonds. The Bertz CT molecular complexity index is 2400. The number of rotatable bonds is 3. The van der Waals surface area contributed by atoms with Gasteiger partial charge in [-0.1, -0.05) is 109 Å². The lowest BCUT2D eigenvalue weighted by Gasteiger charge is -2.56. The number of nitrogens with zero attached hydrogens (tertiary/aromatic N) is 1. The third-order valence-corrected chi connectivity index (χ3v) is 12.7. The van der Waals surface area contributed by atoms with Gasteiger partial charge in [0.25, 0.3) is 0 Å². The lowest BCUT2D eigenvalue weighted by Crippen LogP contribution is -2.54. The van der Waals surface area contributed by atoms with Crippen molar-refractivity contribution < 1.29 is 9.47 Å². The Hall–Kier alpha value is -5.28. The van der Waals surface area contributed by atoms with Crippen LogP contribution in [0.4, 0.5) is 0 Å². The van der Waals surface area contributed by atoms with Crippen molar-refractivity contribution in [1.29, 1.82) is 0 Å². The lowest BCUT2D eigenvalue weighted by atomic mass is 9.51. The van der Waals surface area contributed by atoms with Gasteiger partial charge in [0, 0.05) is 46.0 Å². The van der Waals surface area contributed by atoms with E-state index in [1.54, 1.807) is 0 Å². The van der Waals surface area contributed by atoms with E-state index < -0.39 is 5.41 Å². The molecular weight excluding hydrogens is 635 g/mol. The van der Waals surface area contributed by atoms with Gasteiger partial charge in [0.2, 0.25) is 0 Å². The summed E-state index contributed by atoms with van der Waals surface area (Å²) in [6.45, 7) is 0. The van der Waals surface area contributed by atoms with Crippen LogP contribution in [0, 0.1) is 5.92 Å². The maximum absolute atomic E-state index is 7.21. The van der Waals surface area contributed by atoms with Crippen molar-refractivity contribution in [3.63, 3.8) is 0 Å². The van der Waals surface area contributed by atoms with E-state index >= 15 is 0 Å². The van der Waals surface area contributed by atoms with Crippen LogP contribution >= 0.6 is 0 Å². The van der Waals surface area contributed by atoms with Gasteiger partial charge in [0.05, 0.1) is 11.1 Å². The van der Waals surface area contributed by atoms with Crippen LogP contribution < -0.4 is 4.74 Å². The van der Waals surface area contributed by atoms with Crippen LogP contribution in [0.2, 0.25) is 0 Å². The van der Waals surface area contributed by atoms with Crippen molar-refractivity contribution in [1.82, 2.24) is 4.57 Å². The molecule has 2 aliphatic heterocycles. The van der Waals surface area contributed by atoms with Gasteiger partial charge in [0.15, 0.2) is 0 Å². The number of hydrogen-bond donors (Lipinski definition) is 0. The molecule has 1 aromatic heterocycles. The summed E-state index contributed by atoms with van der Waals surface area (Å²) in [5.41, 5.74) is 13.0. The minimum Gasteiger partial charge on any atom is -0.486 e. The molecule has 3 heterocycles. The topological polar surface area (TPSA) is 23.4 Å². The number of ether oxygens (including phenoxy) is 2. The SMILES string of the molecule is C1=CC2OC3=CCCC=C3C3(C4=C(CCC=C4c4ccccc4)Oc4ccccc43)C2C(C2=CCCc3c2n(C2CC=CCC2)c2ccccc32)=C1. The summed E-state index contributed by atoms with van der Waals surface area (Å²) >= 11 is 0. The summed E-state index contributed by atoms with van der Waals surface area (Å²) in [6, 6.07) is 29.6. The van der Waals surface area contributed by atoms with E-state index in [4.69, 9.17) is 9.47 Å². The molecular formula is C49H43NO2. The van der Waals surface area contributed by atoms with Gasteiger partial charge in [-0.2, -0.15) is 0 Å². The Kier molecular flexibility index (Phi) is 6.94. The molecule has 3 nitrogen and oxygen atoms in total. The van der Waals surface area contributed by atoms with E-state index in [0.29, 0.717) is 6.04 Å². The highest BCUT2D eigenvalue weighted by Crippen LogP contribution is 2.66. The third-order valence-electron chi connectivity index (χ3n) is 12.7. The van der Waals surface area contributed by atoms with E-state index in [-0.39, 0.29) is 12.0 Å². The predicted octanol–water partition coefficient (Wildman–Crippen LogP) is 11.8. The molecule has 0 radical (unpaired) electrons. The fraction of sp³-hybridized carbons (Fsp3) is 0.265. The average molecular weight is 678 g/mol. The highest BCUT2D eigenvalue weighted by molar-refractivity contribution is 5.96. The van der Waals surface area contributed by atoms with Gasteiger partial charge < -0.3 is 14.0 Å². The minimum atomic E-state index is -0.513. The maximum Gasteiger partial charge on any atom is 0.131 e. The number of aromatic nitrogens is 1. The fourth-order valence-corrected chi connectivity index (χ4v) is 10.8. The zero-order chi connectivity index (χ0) is 34.2. The second kappa shape index (κ2) is 11.9. The molecule has 4 unspecified atom stereocenters. The Morgan fingerprint density at radius 3 is 2.48 bits per heavy atom. The van der Waals surface area contributed by atoms with Gasteiger partial charge in [-0.15, -0.1) is 0 Å². The van der Waals surface area contributed by atoms with Gasteiger partial charge in [-0.05, 0) is 103 Å². The van der Waals surface area contributed by atoms with Gasteiger partial charge in [-0.25, -0.2) is 0 Å². The first kappa shape index (κ1) is 30.4. The van der Waals surface area contributed by atoms with Crippen molar-refractivity contribution in [2.75, 3.05) is 0 Å². The van der Waals surface area contributed by atoms with Crippen LogP contribution in [-0.2, 0) is 16.6 Å². The number of fused-ring (bicyclic) bond motifs is 10. The molecule has 0 bridgehead atoms. The number of hydrogen-bond acceptors (Lipinski definition) is 2. The Morgan fingerprint density at radius 1 is 0.731 bits per heavy atom. The molecule has 1 saturated heterocycles. The third kappa shape index (κ3) is 4.26. The number of aryl methyl sites for hydroxylation is 1. The summed E-state index contributed by atoms with van der Waals surface area (Å²) in [5, 5.41) is 1.42. The van der Waals surface area contributed by atoms with E-state index in [2.05, 4.69) is 138 Å². The first-order chi connectivity index (χ1) is 25.8. The van der Waals surface area contributed by atoms with Crippen LogP contribution in [0.15, 0.2) is 162 Å².